The highest BCUT2D eigenvalue weighted by molar-refractivity contribution is 5.82. The molecule has 2 aliphatic heterocycles. The lowest BCUT2D eigenvalue weighted by Crippen LogP contribution is -2.34. The minimum absolute atomic E-state index is 0.288. The van der Waals surface area contributed by atoms with Crippen molar-refractivity contribution >= 4 is 11.3 Å². The number of nitrogen functional groups attached to an aromatic ring is 1. The molecule has 4 aromatic rings. The Morgan fingerprint density at radius 2 is 1.62 bits per heavy atom. The highest BCUT2D eigenvalue weighted by atomic mass is 19.4. The number of anilines is 1. The molecular weight excluding hydrogens is 543 g/mol. The number of likely N-dealkylation sites (tertiary alicyclic amines) is 1. The van der Waals surface area contributed by atoms with Crippen LogP contribution in [0.4, 0.5) is 18.9 Å². The number of piperidine rings is 1. The Morgan fingerprint density at radius 1 is 0.905 bits per heavy atom. The van der Waals surface area contributed by atoms with E-state index < -0.39 is 6.36 Å². The number of benzene rings is 2. The van der Waals surface area contributed by atoms with Gasteiger partial charge in [-0.15, -0.1) is 18.3 Å². The molecule has 2 aliphatic rings. The summed E-state index contributed by atoms with van der Waals surface area (Å²) in [6.45, 7) is 2.14. The summed E-state index contributed by atoms with van der Waals surface area (Å²) < 4.78 is 45.3. The Balaban J connectivity index is 1.33. The minimum atomic E-state index is -4.74. The van der Waals surface area contributed by atoms with Gasteiger partial charge in [0.1, 0.15) is 23.1 Å². The molecule has 1 fully saturated rings. The largest absolute Gasteiger partial charge is 0.573 e. The van der Waals surface area contributed by atoms with E-state index in [0.717, 1.165) is 42.2 Å². The van der Waals surface area contributed by atoms with Crippen LogP contribution in [-0.2, 0) is 7.05 Å². The lowest BCUT2D eigenvalue weighted by Gasteiger charge is -2.34. The van der Waals surface area contributed by atoms with Gasteiger partial charge < -0.3 is 24.8 Å². The third-order valence-electron chi connectivity index (χ3n) is 7.86. The Bertz CT molecular complexity index is 1630. The van der Waals surface area contributed by atoms with Crippen molar-refractivity contribution < 1.29 is 17.9 Å². The van der Waals surface area contributed by atoms with Crippen molar-refractivity contribution in [1.29, 1.82) is 0 Å². The topological polar surface area (TPSA) is 77.4 Å². The summed E-state index contributed by atoms with van der Waals surface area (Å²) in [6.07, 6.45) is 3.84. The summed E-state index contributed by atoms with van der Waals surface area (Å²) >= 11 is 0. The predicted molar refractivity (Wildman–Crippen MR) is 155 cm³/mol. The van der Waals surface area contributed by atoms with Crippen molar-refractivity contribution in [3.05, 3.63) is 95.7 Å². The second-order valence-corrected chi connectivity index (χ2v) is 10.6. The van der Waals surface area contributed by atoms with Crippen molar-refractivity contribution in [2.24, 2.45) is 7.05 Å². The average Bonchev–Trinajstić information content (AvgIpc) is 3.70. The van der Waals surface area contributed by atoms with Gasteiger partial charge in [0, 0.05) is 56.1 Å². The number of alkyl halides is 3. The molecule has 2 N–H and O–H groups in total. The van der Waals surface area contributed by atoms with Gasteiger partial charge >= 0.3 is 6.36 Å². The number of allylic oxidation sites excluding steroid dienone is 1. The van der Waals surface area contributed by atoms with Gasteiger partial charge in [-0.1, -0.05) is 17.3 Å². The SMILES string of the molecule is CN1C(N2CCCCC2)=CC/C1=C(\c1ccc(N)cc1)c1ccc(-n2cc(-c3ccc(OC(F)(F)F)cc3)nn2)n1C. The van der Waals surface area contributed by atoms with Crippen LogP contribution in [-0.4, -0.2) is 55.9 Å². The van der Waals surface area contributed by atoms with Gasteiger partial charge in [-0.2, -0.15) is 0 Å². The summed E-state index contributed by atoms with van der Waals surface area (Å²) in [4.78, 5) is 4.79. The van der Waals surface area contributed by atoms with Crippen LogP contribution < -0.4 is 10.5 Å². The quantitative estimate of drug-likeness (QED) is 0.277. The molecule has 218 valence electrons. The minimum Gasteiger partial charge on any atom is -0.406 e. The van der Waals surface area contributed by atoms with Crippen LogP contribution in [0.1, 0.15) is 36.9 Å². The highest BCUT2D eigenvalue weighted by Crippen LogP contribution is 2.38. The third-order valence-corrected chi connectivity index (χ3v) is 7.86. The zero-order chi connectivity index (χ0) is 29.4. The van der Waals surface area contributed by atoms with E-state index in [4.69, 9.17) is 5.73 Å². The molecule has 4 heterocycles. The van der Waals surface area contributed by atoms with Gasteiger partial charge in [-0.25, -0.2) is 4.68 Å². The summed E-state index contributed by atoms with van der Waals surface area (Å²) in [7, 11) is 4.12. The van der Waals surface area contributed by atoms with E-state index in [9.17, 15) is 13.2 Å². The number of nitrogens with two attached hydrogens (primary N) is 1. The van der Waals surface area contributed by atoms with Crippen LogP contribution in [0.5, 0.6) is 5.75 Å². The van der Waals surface area contributed by atoms with E-state index in [2.05, 4.69) is 60.7 Å². The smallest absolute Gasteiger partial charge is 0.406 e. The standard InChI is InChI=1S/C31H32F3N7O/c1-38-26(14-16-28(38)40-18-4-3-5-19-40)30(22-6-10-23(35)11-7-22)27-15-17-29(39(27)2)41-20-25(36-37-41)21-8-12-24(13-9-21)42-31(32,33)34/h6-13,15-17,20H,3-5,14,18-19,35H2,1-2H3/b30-26-. The molecule has 0 amide bonds. The van der Waals surface area contributed by atoms with Crippen LogP contribution in [0.3, 0.4) is 0 Å². The summed E-state index contributed by atoms with van der Waals surface area (Å²) in [5.41, 5.74) is 12.3. The number of hydrogen-bond donors (Lipinski definition) is 1. The number of halogens is 3. The van der Waals surface area contributed by atoms with Crippen LogP contribution in [0.15, 0.2) is 84.5 Å². The van der Waals surface area contributed by atoms with Crippen molar-refractivity contribution in [3.63, 3.8) is 0 Å². The summed E-state index contributed by atoms with van der Waals surface area (Å²) in [5.74, 6) is 1.75. The summed E-state index contributed by atoms with van der Waals surface area (Å²) in [5, 5.41) is 8.59. The molecule has 0 bridgehead atoms. The molecule has 0 radical (unpaired) electrons. The monoisotopic (exact) mass is 575 g/mol. The second kappa shape index (κ2) is 11.0. The fourth-order valence-corrected chi connectivity index (χ4v) is 5.76. The molecule has 0 spiro atoms. The first-order valence-electron chi connectivity index (χ1n) is 13.9. The van der Waals surface area contributed by atoms with Gasteiger partial charge in [0.05, 0.1) is 11.9 Å². The number of hydrogen-bond acceptors (Lipinski definition) is 6. The van der Waals surface area contributed by atoms with Gasteiger partial charge in [0.25, 0.3) is 0 Å². The molecule has 42 heavy (non-hydrogen) atoms. The van der Waals surface area contributed by atoms with Gasteiger partial charge in [-0.05, 0) is 79.4 Å². The first-order chi connectivity index (χ1) is 20.2. The Kier molecular flexibility index (Phi) is 7.17. The van der Waals surface area contributed by atoms with Crippen molar-refractivity contribution in [3.8, 4) is 22.8 Å². The molecule has 0 atom stereocenters. The zero-order valence-electron chi connectivity index (χ0n) is 23.5. The normalized spacial score (nSPS) is 17.0. The summed E-state index contributed by atoms with van der Waals surface area (Å²) in [6, 6.07) is 17.6. The molecule has 8 nitrogen and oxygen atoms in total. The molecular formula is C31H32F3N7O. The van der Waals surface area contributed by atoms with E-state index in [1.54, 1.807) is 10.9 Å². The van der Waals surface area contributed by atoms with E-state index in [-0.39, 0.29) is 5.75 Å². The average molecular weight is 576 g/mol. The van der Waals surface area contributed by atoms with Gasteiger partial charge in [0.15, 0.2) is 0 Å². The first-order valence-corrected chi connectivity index (χ1v) is 13.9. The lowest BCUT2D eigenvalue weighted by molar-refractivity contribution is -0.274. The maximum Gasteiger partial charge on any atom is 0.573 e. The van der Waals surface area contributed by atoms with Crippen LogP contribution >= 0.6 is 0 Å². The lowest BCUT2D eigenvalue weighted by atomic mass is 9.99. The number of aromatic nitrogens is 4. The maximum atomic E-state index is 12.5. The number of rotatable bonds is 6. The molecule has 2 aromatic heterocycles. The molecule has 0 unspecified atom stereocenters. The Morgan fingerprint density at radius 3 is 2.31 bits per heavy atom. The molecule has 2 aromatic carbocycles. The van der Waals surface area contributed by atoms with E-state index in [1.807, 2.05) is 25.2 Å². The van der Waals surface area contributed by atoms with Crippen molar-refractivity contribution in [1.82, 2.24) is 29.4 Å². The number of nitrogens with zero attached hydrogens (tertiary/aromatic N) is 6. The Hall–Kier alpha value is -4.67. The molecule has 0 aliphatic carbocycles. The third kappa shape index (κ3) is 5.46. The van der Waals surface area contributed by atoms with E-state index in [0.29, 0.717) is 16.9 Å². The van der Waals surface area contributed by atoms with Gasteiger partial charge in [-0.3, -0.25) is 0 Å². The second-order valence-electron chi connectivity index (χ2n) is 10.6. The fourth-order valence-electron chi connectivity index (χ4n) is 5.76. The van der Waals surface area contributed by atoms with Gasteiger partial charge in [0.2, 0.25) is 0 Å². The molecule has 1 saturated heterocycles. The molecule has 6 rings (SSSR count). The molecule has 11 heteroatoms. The molecule has 0 saturated carbocycles. The van der Waals surface area contributed by atoms with Crippen molar-refractivity contribution in [2.75, 3.05) is 25.9 Å². The maximum absolute atomic E-state index is 12.5. The highest BCUT2D eigenvalue weighted by Gasteiger charge is 2.31. The predicted octanol–water partition coefficient (Wildman–Crippen LogP) is 6.18. The Labute approximate surface area is 242 Å². The van der Waals surface area contributed by atoms with E-state index >= 15 is 0 Å². The first kappa shape index (κ1) is 27.5. The van der Waals surface area contributed by atoms with Crippen LogP contribution in [0.25, 0.3) is 22.6 Å². The van der Waals surface area contributed by atoms with Crippen LogP contribution in [0.2, 0.25) is 0 Å². The zero-order valence-corrected chi connectivity index (χ0v) is 23.5. The number of ether oxygens (including phenoxy) is 1. The van der Waals surface area contributed by atoms with Crippen LogP contribution in [0, 0.1) is 0 Å². The van der Waals surface area contributed by atoms with Crippen molar-refractivity contribution in [2.45, 2.75) is 32.0 Å². The fraction of sp³-hybridized carbons (Fsp3) is 0.290. The van der Waals surface area contributed by atoms with E-state index in [1.165, 1.54) is 55.0 Å².